The lowest BCUT2D eigenvalue weighted by Crippen LogP contribution is -2.37. The van der Waals surface area contributed by atoms with Crippen LogP contribution >= 0.6 is 0 Å². The van der Waals surface area contributed by atoms with E-state index in [9.17, 15) is 9.59 Å². The van der Waals surface area contributed by atoms with Gasteiger partial charge in [0.25, 0.3) is 0 Å². The highest BCUT2D eigenvalue weighted by Gasteiger charge is 2.32. The standard InChI is InChI=1S/C32H48N2O2/c1-3-5-7-9-23-11-15-25(16-12-23)33-27-19-21-30(36)32-28(20-22-29(35)31(27)32)34-26-17-13-24(14-18-26)10-8-6-4-2/h19-26,33-34H,3-18H2,1-2H3. The zero-order valence-electron chi connectivity index (χ0n) is 22.7. The Morgan fingerprint density at radius 1 is 0.583 bits per heavy atom. The van der Waals surface area contributed by atoms with Gasteiger partial charge in [0, 0.05) is 23.5 Å². The van der Waals surface area contributed by atoms with Crippen LogP contribution < -0.4 is 10.6 Å². The summed E-state index contributed by atoms with van der Waals surface area (Å²) in [5, 5.41) is 7.35. The van der Waals surface area contributed by atoms with E-state index in [4.69, 9.17) is 0 Å². The number of allylic oxidation sites excluding steroid dienone is 6. The Bertz CT molecular complexity index is 819. The summed E-state index contributed by atoms with van der Waals surface area (Å²) in [6.07, 6.45) is 27.3. The molecule has 0 aromatic heterocycles. The number of carbonyl (C=O) groups is 2. The molecule has 0 amide bonds. The number of rotatable bonds is 12. The van der Waals surface area contributed by atoms with Crippen molar-refractivity contribution < 1.29 is 9.59 Å². The Kier molecular flexibility index (Phi) is 10.1. The molecule has 2 fully saturated rings. The van der Waals surface area contributed by atoms with E-state index in [1.807, 2.05) is 12.2 Å². The van der Waals surface area contributed by atoms with Crippen LogP contribution in [0.25, 0.3) is 0 Å². The monoisotopic (exact) mass is 492 g/mol. The second-order valence-corrected chi connectivity index (χ2v) is 11.7. The molecule has 36 heavy (non-hydrogen) atoms. The zero-order chi connectivity index (χ0) is 25.3. The van der Waals surface area contributed by atoms with Gasteiger partial charge in [-0.2, -0.15) is 0 Å². The van der Waals surface area contributed by atoms with Gasteiger partial charge in [-0.1, -0.05) is 65.2 Å². The molecular formula is C32H48N2O2. The summed E-state index contributed by atoms with van der Waals surface area (Å²) in [6, 6.07) is 0.763. The number of hydrogen-bond donors (Lipinski definition) is 2. The first-order chi connectivity index (χ1) is 17.6. The van der Waals surface area contributed by atoms with Gasteiger partial charge in [-0.15, -0.1) is 0 Å². The molecule has 4 nitrogen and oxygen atoms in total. The van der Waals surface area contributed by atoms with Crippen LogP contribution in [-0.4, -0.2) is 23.7 Å². The van der Waals surface area contributed by atoms with Gasteiger partial charge in [-0.05, 0) is 87.5 Å². The SMILES string of the molecule is CCCCCC1CCC(NC2=C3C(=O)C=CC(NC4CCC(CCCCC)CC4)=C3C(=O)C=C2)CC1. The quantitative estimate of drug-likeness (QED) is 0.282. The molecule has 0 spiro atoms. The smallest absolute Gasteiger partial charge is 0.188 e. The minimum atomic E-state index is -0.0522. The molecule has 2 saturated carbocycles. The van der Waals surface area contributed by atoms with E-state index in [1.54, 1.807) is 12.2 Å². The van der Waals surface area contributed by atoms with Crippen LogP contribution in [0.4, 0.5) is 0 Å². The Labute approximate surface area is 219 Å². The van der Waals surface area contributed by atoms with Gasteiger partial charge < -0.3 is 10.6 Å². The Morgan fingerprint density at radius 2 is 0.972 bits per heavy atom. The summed E-state index contributed by atoms with van der Waals surface area (Å²) in [5.41, 5.74) is 2.83. The lowest BCUT2D eigenvalue weighted by atomic mass is 9.81. The van der Waals surface area contributed by atoms with Gasteiger partial charge in [-0.3, -0.25) is 9.59 Å². The van der Waals surface area contributed by atoms with Crippen molar-refractivity contribution in [2.45, 2.75) is 129 Å². The maximum absolute atomic E-state index is 13.0. The first-order valence-electron chi connectivity index (χ1n) is 15.1. The Morgan fingerprint density at radius 3 is 1.33 bits per heavy atom. The fraction of sp³-hybridized carbons (Fsp3) is 0.688. The molecule has 0 unspecified atom stereocenters. The molecule has 2 N–H and O–H groups in total. The topological polar surface area (TPSA) is 58.2 Å². The van der Waals surface area contributed by atoms with Gasteiger partial charge in [0.15, 0.2) is 11.6 Å². The highest BCUT2D eigenvalue weighted by atomic mass is 16.1. The molecule has 0 aromatic carbocycles. The zero-order valence-corrected chi connectivity index (χ0v) is 22.7. The number of ketones is 2. The second kappa shape index (κ2) is 13.4. The van der Waals surface area contributed by atoms with E-state index in [0.29, 0.717) is 23.2 Å². The summed E-state index contributed by atoms with van der Waals surface area (Å²) in [7, 11) is 0. The summed E-state index contributed by atoms with van der Waals surface area (Å²) in [4.78, 5) is 26.0. The first-order valence-corrected chi connectivity index (χ1v) is 15.1. The number of carbonyl (C=O) groups excluding carboxylic acids is 2. The average Bonchev–Trinajstić information content (AvgIpc) is 2.89. The third kappa shape index (κ3) is 7.01. The molecule has 4 aliphatic rings. The first kappa shape index (κ1) is 26.9. The third-order valence-electron chi connectivity index (χ3n) is 8.93. The van der Waals surface area contributed by atoms with E-state index in [2.05, 4.69) is 24.5 Å². The highest BCUT2D eigenvalue weighted by Crippen LogP contribution is 2.34. The van der Waals surface area contributed by atoms with Crippen molar-refractivity contribution in [1.29, 1.82) is 0 Å². The number of hydrogen-bond acceptors (Lipinski definition) is 4. The van der Waals surface area contributed by atoms with Crippen molar-refractivity contribution in [2.75, 3.05) is 0 Å². The number of unbranched alkanes of at least 4 members (excludes halogenated alkanes) is 4. The van der Waals surface area contributed by atoms with Crippen LogP contribution in [-0.2, 0) is 9.59 Å². The number of nitrogens with one attached hydrogen (secondary N) is 2. The highest BCUT2D eigenvalue weighted by molar-refractivity contribution is 6.23. The summed E-state index contributed by atoms with van der Waals surface area (Å²) in [5.74, 6) is 1.60. The van der Waals surface area contributed by atoms with Crippen molar-refractivity contribution in [2.24, 2.45) is 11.8 Å². The molecule has 198 valence electrons. The fourth-order valence-corrected chi connectivity index (χ4v) is 6.67. The van der Waals surface area contributed by atoms with Crippen LogP contribution in [0.1, 0.15) is 117 Å². The van der Waals surface area contributed by atoms with Crippen molar-refractivity contribution in [1.82, 2.24) is 10.6 Å². The van der Waals surface area contributed by atoms with Gasteiger partial charge in [0.1, 0.15) is 0 Å². The van der Waals surface area contributed by atoms with Crippen LogP contribution in [0.15, 0.2) is 46.8 Å². The van der Waals surface area contributed by atoms with Crippen molar-refractivity contribution in [3.8, 4) is 0 Å². The molecule has 0 heterocycles. The summed E-state index contributed by atoms with van der Waals surface area (Å²) in [6.45, 7) is 4.53. The minimum Gasteiger partial charge on any atom is -0.382 e. The molecular weight excluding hydrogens is 444 g/mol. The summed E-state index contributed by atoms with van der Waals surface area (Å²) < 4.78 is 0. The van der Waals surface area contributed by atoms with Crippen molar-refractivity contribution in [3.05, 3.63) is 46.8 Å². The van der Waals surface area contributed by atoms with E-state index in [1.165, 1.54) is 77.0 Å². The van der Waals surface area contributed by atoms with Crippen molar-refractivity contribution >= 4 is 11.6 Å². The average molecular weight is 493 g/mol. The van der Waals surface area contributed by atoms with E-state index in [-0.39, 0.29) is 11.6 Å². The maximum atomic E-state index is 13.0. The van der Waals surface area contributed by atoms with E-state index in [0.717, 1.165) is 48.9 Å². The fourth-order valence-electron chi connectivity index (χ4n) is 6.67. The molecule has 0 atom stereocenters. The minimum absolute atomic E-state index is 0.0522. The van der Waals surface area contributed by atoms with E-state index >= 15 is 0 Å². The molecule has 4 heteroatoms. The third-order valence-corrected chi connectivity index (χ3v) is 8.93. The van der Waals surface area contributed by atoms with Crippen molar-refractivity contribution in [3.63, 3.8) is 0 Å². The van der Waals surface area contributed by atoms with E-state index < -0.39 is 0 Å². The molecule has 4 aliphatic carbocycles. The lowest BCUT2D eigenvalue weighted by molar-refractivity contribution is -0.114. The molecule has 0 aliphatic heterocycles. The second-order valence-electron chi connectivity index (χ2n) is 11.7. The largest absolute Gasteiger partial charge is 0.382 e. The Hall–Kier alpha value is -2.10. The van der Waals surface area contributed by atoms with Crippen LogP contribution in [0, 0.1) is 11.8 Å². The molecule has 0 saturated heterocycles. The predicted molar refractivity (Wildman–Crippen MR) is 148 cm³/mol. The van der Waals surface area contributed by atoms with Crippen LogP contribution in [0.5, 0.6) is 0 Å². The molecule has 0 bridgehead atoms. The van der Waals surface area contributed by atoms with Crippen LogP contribution in [0.3, 0.4) is 0 Å². The summed E-state index contributed by atoms with van der Waals surface area (Å²) >= 11 is 0. The normalized spacial score (nSPS) is 28.5. The maximum Gasteiger partial charge on any atom is 0.188 e. The van der Waals surface area contributed by atoms with Gasteiger partial charge in [0.05, 0.1) is 11.1 Å². The van der Waals surface area contributed by atoms with Gasteiger partial charge >= 0.3 is 0 Å². The number of fused-ring (bicyclic) bond motifs is 1. The van der Waals surface area contributed by atoms with Gasteiger partial charge in [0.2, 0.25) is 0 Å². The molecule has 0 radical (unpaired) electrons. The van der Waals surface area contributed by atoms with Crippen LogP contribution in [0.2, 0.25) is 0 Å². The lowest BCUT2D eigenvalue weighted by Gasteiger charge is -2.33. The molecule has 4 rings (SSSR count). The Balaban J connectivity index is 1.38. The predicted octanol–water partition coefficient (Wildman–Crippen LogP) is 7.23. The van der Waals surface area contributed by atoms with Gasteiger partial charge in [-0.25, -0.2) is 0 Å². The molecule has 0 aromatic rings.